The fourth-order valence-electron chi connectivity index (χ4n) is 2.87. The molecule has 0 radical (unpaired) electrons. The van der Waals surface area contributed by atoms with Crippen molar-refractivity contribution < 1.29 is 14.3 Å². The van der Waals surface area contributed by atoms with E-state index in [1.807, 2.05) is 42.5 Å². The number of allylic oxidation sites excluding steroid dienone is 2. The maximum absolute atomic E-state index is 13.0. The van der Waals surface area contributed by atoms with Crippen LogP contribution in [-0.4, -0.2) is 27.3 Å². The Morgan fingerprint density at radius 3 is 2.75 bits per heavy atom. The molecule has 2 heterocycles. The first-order chi connectivity index (χ1) is 15.6. The zero-order valence-electron chi connectivity index (χ0n) is 16.8. The van der Waals surface area contributed by atoms with Crippen LogP contribution in [0.15, 0.2) is 103 Å². The SMILES string of the molecule is O=C1/C(=C/C=C/c2ccccc2)S/C(=N/N=C\c2cc(Br)ccc2O)N1Cc1ccco1. The second kappa shape index (κ2) is 10.3. The number of phenols is 1. The van der Waals surface area contributed by atoms with Crippen LogP contribution in [0.1, 0.15) is 16.9 Å². The second-order valence-electron chi connectivity index (χ2n) is 6.70. The van der Waals surface area contributed by atoms with Crippen LogP contribution in [0.2, 0.25) is 0 Å². The number of thioether (sulfide) groups is 1. The van der Waals surface area contributed by atoms with E-state index in [-0.39, 0.29) is 18.2 Å². The monoisotopic (exact) mass is 507 g/mol. The number of halogens is 1. The van der Waals surface area contributed by atoms with Gasteiger partial charge in [0, 0.05) is 10.0 Å². The Bertz CT molecular complexity index is 1220. The molecule has 0 unspecified atom stereocenters. The Balaban J connectivity index is 1.58. The van der Waals surface area contributed by atoms with Gasteiger partial charge in [-0.25, -0.2) is 0 Å². The van der Waals surface area contributed by atoms with Gasteiger partial charge in [-0.2, -0.15) is 5.10 Å². The summed E-state index contributed by atoms with van der Waals surface area (Å²) in [6.07, 6.45) is 8.54. The van der Waals surface area contributed by atoms with Gasteiger partial charge in [0.25, 0.3) is 5.91 Å². The summed E-state index contributed by atoms with van der Waals surface area (Å²) < 4.78 is 6.21. The molecule has 0 saturated carbocycles. The number of hydrogen-bond donors (Lipinski definition) is 1. The third-order valence-corrected chi connectivity index (χ3v) is 5.96. The first kappa shape index (κ1) is 21.9. The standard InChI is InChI=1S/C24H18BrN3O3S/c25-19-11-12-21(29)18(14-19)15-26-27-24-28(16-20-9-5-13-31-20)23(30)22(32-24)10-4-8-17-6-2-1-3-7-17/h1-15,29H,16H2/b8-4+,22-10-,26-15-,27-24+. The predicted octanol–water partition coefficient (Wildman–Crippen LogP) is 5.81. The second-order valence-corrected chi connectivity index (χ2v) is 8.63. The molecular weight excluding hydrogens is 490 g/mol. The van der Waals surface area contributed by atoms with Crippen molar-refractivity contribution in [1.82, 2.24) is 4.90 Å². The number of aromatic hydroxyl groups is 1. The van der Waals surface area contributed by atoms with Gasteiger partial charge in [-0.1, -0.05) is 58.4 Å². The Morgan fingerprint density at radius 1 is 1.12 bits per heavy atom. The number of benzene rings is 2. The molecule has 2 aromatic carbocycles. The maximum Gasteiger partial charge on any atom is 0.267 e. The Labute approximate surface area is 197 Å². The Hall–Kier alpha value is -3.36. The topological polar surface area (TPSA) is 78.4 Å². The lowest BCUT2D eigenvalue weighted by atomic mass is 10.2. The summed E-state index contributed by atoms with van der Waals surface area (Å²) in [7, 11) is 0. The van der Waals surface area contributed by atoms with Crippen LogP contribution in [-0.2, 0) is 11.3 Å². The molecule has 0 spiro atoms. The van der Waals surface area contributed by atoms with Gasteiger partial charge in [-0.15, -0.1) is 5.10 Å². The average molecular weight is 508 g/mol. The number of furan rings is 1. The van der Waals surface area contributed by atoms with Crippen LogP contribution in [0.5, 0.6) is 5.75 Å². The number of carbonyl (C=O) groups is 1. The fraction of sp³-hybridized carbons (Fsp3) is 0.0417. The molecule has 1 N–H and O–H groups in total. The zero-order valence-corrected chi connectivity index (χ0v) is 19.2. The lowest BCUT2D eigenvalue weighted by molar-refractivity contribution is -0.122. The summed E-state index contributed by atoms with van der Waals surface area (Å²) in [5.41, 5.74) is 1.55. The van der Waals surface area contributed by atoms with Crippen molar-refractivity contribution in [3.63, 3.8) is 0 Å². The van der Waals surface area contributed by atoms with Gasteiger partial charge in [0.1, 0.15) is 11.5 Å². The Morgan fingerprint density at radius 2 is 1.97 bits per heavy atom. The van der Waals surface area contributed by atoms with E-state index in [0.29, 0.717) is 21.4 Å². The van der Waals surface area contributed by atoms with Crippen LogP contribution >= 0.6 is 27.7 Å². The van der Waals surface area contributed by atoms with Crippen LogP contribution in [0.3, 0.4) is 0 Å². The van der Waals surface area contributed by atoms with Crippen LogP contribution < -0.4 is 0 Å². The molecule has 0 aliphatic carbocycles. The van der Waals surface area contributed by atoms with E-state index in [1.165, 1.54) is 22.9 Å². The molecular formula is C24H18BrN3O3S. The highest BCUT2D eigenvalue weighted by molar-refractivity contribution is 9.10. The Kier molecular flexibility index (Phi) is 7.03. The van der Waals surface area contributed by atoms with E-state index >= 15 is 0 Å². The predicted molar refractivity (Wildman–Crippen MR) is 131 cm³/mol. The molecule has 3 aromatic rings. The van der Waals surface area contributed by atoms with Gasteiger partial charge in [0.2, 0.25) is 0 Å². The highest BCUT2D eigenvalue weighted by Gasteiger charge is 2.33. The third-order valence-electron chi connectivity index (χ3n) is 4.45. The normalized spacial score (nSPS) is 16.9. The van der Waals surface area contributed by atoms with E-state index in [9.17, 15) is 9.90 Å². The van der Waals surface area contributed by atoms with Crippen molar-refractivity contribution in [2.24, 2.45) is 10.2 Å². The van der Waals surface area contributed by atoms with E-state index in [4.69, 9.17) is 4.42 Å². The fourth-order valence-corrected chi connectivity index (χ4v) is 4.14. The van der Waals surface area contributed by atoms with Crippen molar-refractivity contribution in [3.8, 4) is 5.75 Å². The minimum Gasteiger partial charge on any atom is -0.507 e. The lowest BCUT2D eigenvalue weighted by Gasteiger charge is -2.12. The molecule has 4 rings (SSSR count). The number of phenolic OH excluding ortho intramolecular Hbond substituents is 1. The number of rotatable bonds is 6. The third kappa shape index (κ3) is 5.46. The zero-order chi connectivity index (χ0) is 22.3. The minimum atomic E-state index is -0.177. The molecule has 1 aliphatic rings. The molecule has 32 heavy (non-hydrogen) atoms. The average Bonchev–Trinajstić information content (AvgIpc) is 3.41. The molecule has 1 amide bonds. The maximum atomic E-state index is 13.0. The number of carbonyl (C=O) groups excluding carboxylic acids is 1. The van der Waals surface area contributed by atoms with Crippen molar-refractivity contribution in [2.45, 2.75) is 6.54 Å². The first-order valence-corrected chi connectivity index (χ1v) is 11.3. The molecule has 0 bridgehead atoms. The molecule has 1 saturated heterocycles. The quantitative estimate of drug-likeness (QED) is 0.259. The van der Waals surface area contributed by atoms with Gasteiger partial charge < -0.3 is 9.52 Å². The number of nitrogens with zero attached hydrogens (tertiary/aromatic N) is 3. The van der Waals surface area contributed by atoms with Gasteiger partial charge in [0.05, 0.1) is 23.9 Å². The lowest BCUT2D eigenvalue weighted by Crippen LogP contribution is -2.28. The highest BCUT2D eigenvalue weighted by Crippen LogP contribution is 2.32. The van der Waals surface area contributed by atoms with E-state index in [1.54, 1.807) is 42.7 Å². The number of amidine groups is 1. The molecule has 0 atom stereocenters. The summed E-state index contributed by atoms with van der Waals surface area (Å²) in [4.78, 5) is 15.0. The van der Waals surface area contributed by atoms with Crippen LogP contribution in [0.25, 0.3) is 6.08 Å². The molecule has 160 valence electrons. The summed E-state index contributed by atoms with van der Waals surface area (Å²) in [5, 5.41) is 18.7. The summed E-state index contributed by atoms with van der Waals surface area (Å²) >= 11 is 4.60. The molecule has 1 aromatic heterocycles. The molecule has 1 aliphatic heterocycles. The molecule has 1 fully saturated rings. The minimum absolute atomic E-state index is 0.0892. The van der Waals surface area contributed by atoms with Crippen molar-refractivity contribution in [1.29, 1.82) is 0 Å². The summed E-state index contributed by atoms with van der Waals surface area (Å²) in [6, 6.07) is 18.4. The smallest absolute Gasteiger partial charge is 0.267 e. The van der Waals surface area contributed by atoms with E-state index in [2.05, 4.69) is 26.1 Å². The number of hydrogen-bond acceptors (Lipinski definition) is 6. The van der Waals surface area contributed by atoms with Crippen molar-refractivity contribution in [3.05, 3.63) is 105 Å². The van der Waals surface area contributed by atoms with Gasteiger partial charge in [-0.3, -0.25) is 9.69 Å². The molecule has 6 nitrogen and oxygen atoms in total. The summed E-state index contributed by atoms with van der Waals surface area (Å²) in [5.74, 6) is 0.552. The van der Waals surface area contributed by atoms with Gasteiger partial charge in [-0.05, 0) is 53.7 Å². The van der Waals surface area contributed by atoms with Gasteiger partial charge >= 0.3 is 0 Å². The number of amides is 1. The van der Waals surface area contributed by atoms with E-state index in [0.717, 1.165) is 10.0 Å². The van der Waals surface area contributed by atoms with Crippen LogP contribution in [0, 0.1) is 0 Å². The first-order valence-electron chi connectivity index (χ1n) is 9.65. The molecule has 8 heteroatoms. The van der Waals surface area contributed by atoms with Gasteiger partial charge in [0.15, 0.2) is 5.17 Å². The van der Waals surface area contributed by atoms with Crippen molar-refractivity contribution >= 4 is 51.1 Å². The van der Waals surface area contributed by atoms with Crippen molar-refractivity contribution in [2.75, 3.05) is 0 Å². The highest BCUT2D eigenvalue weighted by atomic mass is 79.9. The largest absolute Gasteiger partial charge is 0.507 e. The summed E-state index contributed by atoms with van der Waals surface area (Å²) in [6.45, 7) is 0.245. The van der Waals surface area contributed by atoms with E-state index < -0.39 is 0 Å². The van der Waals surface area contributed by atoms with Crippen LogP contribution in [0.4, 0.5) is 0 Å².